The van der Waals surface area contributed by atoms with E-state index in [9.17, 15) is 4.79 Å². The second kappa shape index (κ2) is 5.29. The quantitative estimate of drug-likeness (QED) is 0.793. The van der Waals surface area contributed by atoms with Crippen LogP contribution >= 0.6 is 23.2 Å². The minimum Gasteiger partial charge on any atom is -0.396 e. The van der Waals surface area contributed by atoms with Crippen molar-refractivity contribution in [2.45, 2.75) is 25.3 Å². The largest absolute Gasteiger partial charge is 0.396 e. The zero-order chi connectivity index (χ0) is 12.4. The first-order valence-electron chi connectivity index (χ1n) is 5.57. The van der Waals surface area contributed by atoms with Gasteiger partial charge in [0.25, 0.3) is 5.91 Å². The van der Waals surface area contributed by atoms with Gasteiger partial charge in [-0.3, -0.25) is 4.79 Å². The maximum absolute atomic E-state index is 11.9. The van der Waals surface area contributed by atoms with Gasteiger partial charge >= 0.3 is 0 Å². The van der Waals surface area contributed by atoms with Crippen LogP contribution < -0.4 is 5.32 Å². The van der Waals surface area contributed by atoms with Crippen molar-refractivity contribution in [3.63, 3.8) is 0 Å². The third-order valence-corrected chi connectivity index (χ3v) is 3.87. The van der Waals surface area contributed by atoms with Crippen molar-refractivity contribution in [2.75, 3.05) is 6.61 Å². The standard InChI is InChI=1S/C11H14Cl2N2O2/c12-7-4-9(14-10(7)13)11(17)15-8-3-1-2-6(8)5-16/h4,6,8,14,16H,1-3,5H2,(H,15,17). The Labute approximate surface area is 109 Å². The molecule has 4 nitrogen and oxygen atoms in total. The molecule has 0 aromatic carbocycles. The number of rotatable bonds is 3. The molecule has 17 heavy (non-hydrogen) atoms. The van der Waals surface area contributed by atoms with Gasteiger partial charge in [0.1, 0.15) is 10.8 Å². The van der Waals surface area contributed by atoms with Crippen molar-refractivity contribution in [3.05, 3.63) is 21.9 Å². The maximum atomic E-state index is 11.9. The Morgan fingerprint density at radius 3 is 2.88 bits per heavy atom. The van der Waals surface area contributed by atoms with Gasteiger partial charge in [-0.2, -0.15) is 0 Å². The molecule has 0 saturated heterocycles. The summed E-state index contributed by atoms with van der Waals surface area (Å²) >= 11 is 11.5. The van der Waals surface area contributed by atoms with Gasteiger partial charge in [0.15, 0.2) is 0 Å². The molecule has 0 aliphatic heterocycles. The highest BCUT2D eigenvalue weighted by Crippen LogP contribution is 2.26. The Hall–Kier alpha value is -0.710. The van der Waals surface area contributed by atoms with E-state index in [0.717, 1.165) is 19.3 Å². The van der Waals surface area contributed by atoms with Crippen molar-refractivity contribution in [3.8, 4) is 0 Å². The van der Waals surface area contributed by atoms with E-state index in [4.69, 9.17) is 28.3 Å². The van der Waals surface area contributed by atoms with Gasteiger partial charge in [-0.1, -0.05) is 29.6 Å². The minimum atomic E-state index is -0.232. The fourth-order valence-corrected chi connectivity index (χ4v) is 2.53. The summed E-state index contributed by atoms with van der Waals surface area (Å²) in [5, 5.41) is 12.7. The zero-order valence-corrected chi connectivity index (χ0v) is 10.7. The molecular weight excluding hydrogens is 263 g/mol. The van der Waals surface area contributed by atoms with Gasteiger partial charge in [0.2, 0.25) is 0 Å². The summed E-state index contributed by atoms with van der Waals surface area (Å²) in [6.07, 6.45) is 2.88. The van der Waals surface area contributed by atoms with Gasteiger partial charge in [0.05, 0.1) is 5.02 Å². The van der Waals surface area contributed by atoms with Crippen molar-refractivity contribution >= 4 is 29.1 Å². The van der Waals surface area contributed by atoms with Crippen LogP contribution in [0.15, 0.2) is 6.07 Å². The lowest BCUT2D eigenvalue weighted by Gasteiger charge is -2.18. The highest BCUT2D eigenvalue weighted by atomic mass is 35.5. The van der Waals surface area contributed by atoms with Gasteiger partial charge in [-0.25, -0.2) is 0 Å². The highest BCUT2D eigenvalue weighted by Gasteiger charge is 2.28. The first-order valence-corrected chi connectivity index (χ1v) is 6.33. The van der Waals surface area contributed by atoms with Crippen molar-refractivity contribution in [1.29, 1.82) is 0 Å². The van der Waals surface area contributed by atoms with E-state index in [2.05, 4.69) is 10.3 Å². The molecule has 0 radical (unpaired) electrons. The molecule has 1 saturated carbocycles. The summed E-state index contributed by atoms with van der Waals surface area (Å²) in [6, 6.07) is 1.54. The third-order valence-electron chi connectivity index (χ3n) is 3.18. The molecule has 94 valence electrons. The summed E-state index contributed by atoms with van der Waals surface area (Å²) in [7, 11) is 0. The van der Waals surface area contributed by atoms with Crippen LogP contribution in [0.5, 0.6) is 0 Å². The second-order valence-electron chi connectivity index (χ2n) is 4.30. The predicted molar refractivity (Wildman–Crippen MR) is 66.5 cm³/mol. The summed E-state index contributed by atoms with van der Waals surface area (Å²) in [5.74, 6) is -0.0796. The molecule has 1 aromatic rings. The second-order valence-corrected chi connectivity index (χ2v) is 5.08. The summed E-state index contributed by atoms with van der Waals surface area (Å²) in [5.41, 5.74) is 0.351. The normalized spacial score (nSPS) is 23.9. The molecule has 1 heterocycles. The van der Waals surface area contributed by atoms with Crippen LogP contribution in [-0.4, -0.2) is 28.6 Å². The summed E-state index contributed by atoms with van der Waals surface area (Å²) in [6.45, 7) is 0.108. The molecule has 1 amide bonds. The van der Waals surface area contributed by atoms with Crippen molar-refractivity contribution < 1.29 is 9.90 Å². The van der Waals surface area contributed by atoms with Gasteiger partial charge in [-0.15, -0.1) is 0 Å². The first kappa shape index (κ1) is 12.7. The smallest absolute Gasteiger partial charge is 0.268 e. The van der Waals surface area contributed by atoms with Crippen LogP contribution in [0.1, 0.15) is 29.8 Å². The van der Waals surface area contributed by atoms with E-state index < -0.39 is 0 Å². The average Bonchev–Trinajstić information content (AvgIpc) is 2.86. The Morgan fingerprint density at radius 2 is 2.29 bits per heavy atom. The third kappa shape index (κ3) is 2.76. The van der Waals surface area contributed by atoms with Crippen LogP contribution in [0, 0.1) is 5.92 Å². The molecular formula is C11H14Cl2N2O2. The molecule has 2 rings (SSSR count). The number of aliphatic hydroxyl groups excluding tert-OH is 1. The number of amides is 1. The molecule has 2 atom stereocenters. The summed E-state index contributed by atoms with van der Waals surface area (Å²) in [4.78, 5) is 14.6. The molecule has 0 spiro atoms. The van der Waals surface area contributed by atoms with Crippen LogP contribution in [0.4, 0.5) is 0 Å². The summed E-state index contributed by atoms with van der Waals surface area (Å²) < 4.78 is 0. The van der Waals surface area contributed by atoms with Gasteiger partial charge < -0.3 is 15.4 Å². The van der Waals surface area contributed by atoms with E-state index >= 15 is 0 Å². The Morgan fingerprint density at radius 1 is 1.53 bits per heavy atom. The number of H-pyrrole nitrogens is 1. The molecule has 1 fully saturated rings. The number of nitrogens with one attached hydrogen (secondary N) is 2. The monoisotopic (exact) mass is 276 g/mol. The molecule has 0 bridgehead atoms. The maximum Gasteiger partial charge on any atom is 0.268 e. The Balaban J connectivity index is 2.01. The number of hydrogen-bond acceptors (Lipinski definition) is 2. The van der Waals surface area contributed by atoms with Crippen LogP contribution in [0.2, 0.25) is 10.2 Å². The molecule has 1 aliphatic rings. The van der Waals surface area contributed by atoms with Gasteiger partial charge in [-0.05, 0) is 18.9 Å². The van der Waals surface area contributed by atoms with E-state index in [1.807, 2.05) is 0 Å². The van der Waals surface area contributed by atoms with Crippen LogP contribution in [0.25, 0.3) is 0 Å². The van der Waals surface area contributed by atoms with Crippen molar-refractivity contribution in [1.82, 2.24) is 10.3 Å². The fraction of sp³-hybridized carbons (Fsp3) is 0.545. The number of carbonyl (C=O) groups excluding carboxylic acids is 1. The Kier molecular flexibility index (Phi) is 3.97. The Bertz CT molecular complexity index is 400. The molecule has 6 heteroatoms. The SMILES string of the molecule is O=C(NC1CCCC1CO)c1cc(Cl)c(Cl)[nH]1. The van der Waals surface area contributed by atoms with E-state index in [1.54, 1.807) is 0 Å². The molecule has 3 N–H and O–H groups in total. The lowest BCUT2D eigenvalue weighted by Crippen LogP contribution is -2.38. The number of aromatic amines is 1. The van der Waals surface area contributed by atoms with Crippen molar-refractivity contribution in [2.24, 2.45) is 5.92 Å². The lowest BCUT2D eigenvalue weighted by atomic mass is 10.1. The number of aromatic nitrogens is 1. The first-order chi connectivity index (χ1) is 8.11. The minimum absolute atomic E-state index is 0.0355. The van der Waals surface area contributed by atoms with E-state index in [-0.39, 0.29) is 29.6 Å². The number of carbonyl (C=O) groups is 1. The lowest BCUT2D eigenvalue weighted by molar-refractivity contribution is 0.0911. The number of halogens is 2. The zero-order valence-electron chi connectivity index (χ0n) is 9.17. The molecule has 1 aliphatic carbocycles. The van der Waals surface area contributed by atoms with E-state index in [0.29, 0.717) is 10.7 Å². The van der Waals surface area contributed by atoms with Crippen LogP contribution in [0.3, 0.4) is 0 Å². The highest BCUT2D eigenvalue weighted by molar-refractivity contribution is 6.41. The average molecular weight is 277 g/mol. The van der Waals surface area contributed by atoms with Gasteiger partial charge in [0, 0.05) is 18.6 Å². The number of aliphatic hydroxyl groups is 1. The predicted octanol–water partition coefficient (Wildman–Crippen LogP) is 2.21. The molecule has 1 aromatic heterocycles. The van der Waals surface area contributed by atoms with Crippen LogP contribution in [-0.2, 0) is 0 Å². The topological polar surface area (TPSA) is 65.1 Å². The fourth-order valence-electron chi connectivity index (χ4n) is 2.22. The number of hydrogen-bond donors (Lipinski definition) is 3. The van der Waals surface area contributed by atoms with E-state index in [1.165, 1.54) is 6.07 Å². The molecule has 2 unspecified atom stereocenters.